The van der Waals surface area contributed by atoms with Crippen LogP contribution in [0.15, 0.2) is 11.5 Å². The van der Waals surface area contributed by atoms with Crippen LogP contribution < -0.4 is 0 Å². The summed E-state index contributed by atoms with van der Waals surface area (Å²) < 4.78 is 0. The van der Waals surface area contributed by atoms with Crippen LogP contribution in [-0.2, 0) is 0 Å². The first-order valence-electron chi connectivity index (χ1n) is 4.52. The van der Waals surface area contributed by atoms with Gasteiger partial charge in [0.05, 0.1) is 6.10 Å². The average molecular weight is 188 g/mol. The molecule has 1 atom stereocenters. The first-order valence-corrected chi connectivity index (χ1v) is 5.46. The Kier molecular flexibility index (Phi) is 6.58. The van der Waals surface area contributed by atoms with Crippen molar-refractivity contribution < 1.29 is 5.11 Å². The number of rotatable bonds is 5. The van der Waals surface area contributed by atoms with Crippen LogP contribution in [0.3, 0.4) is 0 Å². The second-order valence-electron chi connectivity index (χ2n) is 3.60. The molecule has 12 heavy (non-hydrogen) atoms. The maximum atomic E-state index is 9.43. The van der Waals surface area contributed by atoms with Crippen molar-refractivity contribution in [3.05, 3.63) is 11.5 Å². The van der Waals surface area contributed by atoms with E-state index in [1.165, 1.54) is 0 Å². The molecule has 1 N–H and O–H groups in total. The molecule has 0 aromatic heterocycles. The van der Waals surface area contributed by atoms with Crippen LogP contribution in [0.1, 0.15) is 34.1 Å². The predicted molar refractivity (Wildman–Crippen MR) is 57.3 cm³/mol. The monoisotopic (exact) mass is 188 g/mol. The molecule has 0 rings (SSSR count). The molecule has 0 aromatic rings. The predicted octanol–water partition coefficient (Wildman–Crippen LogP) is 3.05. The molecule has 0 bridgehead atoms. The molecule has 72 valence electrons. The number of thioether (sulfide) groups is 1. The Morgan fingerprint density at radius 2 is 1.83 bits per heavy atom. The van der Waals surface area contributed by atoms with Gasteiger partial charge in [0.15, 0.2) is 0 Å². The second kappa shape index (κ2) is 6.55. The maximum absolute atomic E-state index is 9.43. The molecule has 0 spiro atoms. The molecule has 0 aromatic carbocycles. The topological polar surface area (TPSA) is 20.2 Å². The van der Waals surface area contributed by atoms with Gasteiger partial charge in [-0.3, -0.25) is 0 Å². The highest BCUT2D eigenvalue weighted by molar-refractivity contribution is 8.02. The molecule has 1 unspecified atom stereocenters. The van der Waals surface area contributed by atoms with Crippen molar-refractivity contribution in [1.29, 1.82) is 0 Å². The van der Waals surface area contributed by atoms with Gasteiger partial charge in [-0.25, -0.2) is 0 Å². The number of hydrogen-bond donors (Lipinski definition) is 1. The Morgan fingerprint density at radius 3 is 2.25 bits per heavy atom. The lowest BCUT2D eigenvalue weighted by atomic mass is 10.1. The Labute approximate surface area is 80.3 Å². The third kappa shape index (κ3) is 6.74. The number of hydrogen-bond acceptors (Lipinski definition) is 2. The largest absolute Gasteiger partial charge is 0.393 e. The smallest absolute Gasteiger partial charge is 0.0597 e. The second-order valence-corrected chi connectivity index (χ2v) is 5.09. The van der Waals surface area contributed by atoms with Gasteiger partial charge in [-0.15, -0.1) is 11.8 Å². The summed E-state index contributed by atoms with van der Waals surface area (Å²) >= 11 is 1.79. The van der Waals surface area contributed by atoms with E-state index in [9.17, 15) is 5.11 Å². The normalized spacial score (nSPS) is 14.9. The maximum Gasteiger partial charge on any atom is 0.0597 e. The summed E-state index contributed by atoms with van der Waals surface area (Å²) in [5.41, 5.74) is 0. The Hall–Kier alpha value is 0.0500. The van der Waals surface area contributed by atoms with E-state index in [-0.39, 0.29) is 6.10 Å². The molecular weight excluding hydrogens is 168 g/mol. The van der Waals surface area contributed by atoms with Crippen molar-refractivity contribution in [3.8, 4) is 0 Å². The summed E-state index contributed by atoms with van der Waals surface area (Å²) in [4.78, 5) is 0. The highest BCUT2D eigenvalue weighted by Gasteiger charge is 2.05. The van der Waals surface area contributed by atoms with Crippen molar-refractivity contribution in [2.75, 3.05) is 0 Å². The minimum Gasteiger partial charge on any atom is -0.393 e. The fourth-order valence-corrected chi connectivity index (χ4v) is 1.22. The Morgan fingerprint density at radius 1 is 1.25 bits per heavy atom. The summed E-state index contributed by atoms with van der Waals surface area (Å²) in [5, 5.41) is 12.1. The standard InChI is InChI=1S/C10H20OS/c1-8(2)10(11)6-5-7-12-9(3)4/h5,7-11H,6H2,1-4H3. The van der Waals surface area contributed by atoms with Gasteiger partial charge in [0.2, 0.25) is 0 Å². The lowest BCUT2D eigenvalue weighted by Crippen LogP contribution is -2.12. The molecule has 0 amide bonds. The van der Waals surface area contributed by atoms with Crippen LogP contribution >= 0.6 is 11.8 Å². The lowest BCUT2D eigenvalue weighted by Gasteiger charge is -2.10. The van der Waals surface area contributed by atoms with Crippen molar-refractivity contribution >= 4 is 11.8 Å². The summed E-state index contributed by atoms with van der Waals surface area (Å²) in [5.74, 6) is 0.360. The number of aliphatic hydroxyl groups excluding tert-OH is 1. The first kappa shape index (κ1) is 12.0. The van der Waals surface area contributed by atoms with E-state index in [2.05, 4.69) is 25.3 Å². The molecular formula is C10H20OS. The van der Waals surface area contributed by atoms with E-state index in [0.717, 1.165) is 6.42 Å². The van der Waals surface area contributed by atoms with Crippen LogP contribution in [0, 0.1) is 5.92 Å². The third-order valence-electron chi connectivity index (χ3n) is 1.59. The molecule has 0 fully saturated rings. The molecule has 0 heterocycles. The fourth-order valence-electron chi connectivity index (χ4n) is 0.680. The molecule has 0 aliphatic carbocycles. The SMILES string of the molecule is CC(C)SC=CCC(O)C(C)C. The van der Waals surface area contributed by atoms with Crippen molar-refractivity contribution in [2.24, 2.45) is 5.92 Å². The minimum atomic E-state index is -0.186. The van der Waals surface area contributed by atoms with Gasteiger partial charge in [-0.2, -0.15) is 0 Å². The zero-order valence-electron chi connectivity index (χ0n) is 8.45. The van der Waals surface area contributed by atoms with Crippen molar-refractivity contribution in [1.82, 2.24) is 0 Å². The minimum absolute atomic E-state index is 0.186. The Bertz CT molecular complexity index is 130. The van der Waals surface area contributed by atoms with Gasteiger partial charge in [-0.05, 0) is 17.7 Å². The Balaban J connectivity index is 3.46. The fraction of sp³-hybridized carbons (Fsp3) is 0.800. The van der Waals surface area contributed by atoms with Crippen molar-refractivity contribution in [2.45, 2.75) is 45.5 Å². The molecule has 0 aliphatic heterocycles. The molecule has 1 nitrogen and oxygen atoms in total. The summed E-state index contributed by atoms with van der Waals surface area (Å²) in [6.07, 6.45) is 2.64. The first-order chi connectivity index (χ1) is 5.54. The van der Waals surface area contributed by atoms with E-state index in [1.54, 1.807) is 11.8 Å². The van der Waals surface area contributed by atoms with Crippen molar-refractivity contribution in [3.63, 3.8) is 0 Å². The molecule has 0 aliphatic rings. The van der Waals surface area contributed by atoms with E-state index in [4.69, 9.17) is 0 Å². The van der Waals surface area contributed by atoms with Gasteiger partial charge < -0.3 is 5.11 Å². The molecule has 0 saturated heterocycles. The molecule has 0 radical (unpaired) electrons. The highest BCUT2D eigenvalue weighted by atomic mass is 32.2. The third-order valence-corrected chi connectivity index (χ3v) is 2.49. The van der Waals surface area contributed by atoms with E-state index in [1.807, 2.05) is 13.8 Å². The van der Waals surface area contributed by atoms with E-state index < -0.39 is 0 Å². The van der Waals surface area contributed by atoms with Gasteiger partial charge in [0.1, 0.15) is 0 Å². The van der Waals surface area contributed by atoms with Crippen LogP contribution in [0.25, 0.3) is 0 Å². The lowest BCUT2D eigenvalue weighted by molar-refractivity contribution is 0.128. The quantitative estimate of drug-likeness (QED) is 0.715. The van der Waals surface area contributed by atoms with Gasteiger partial charge in [-0.1, -0.05) is 33.8 Å². The molecule has 0 saturated carbocycles. The summed E-state index contributed by atoms with van der Waals surface area (Å²) in [6, 6.07) is 0. The highest BCUT2D eigenvalue weighted by Crippen LogP contribution is 2.12. The summed E-state index contributed by atoms with van der Waals surface area (Å²) in [6.45, 7) is 8.39. The van der Waals surface area contributed by atoms with Crippen LogP contribution in [0.4, 0.5) is 0 Å². The number of aliphatic hydroxyl groups is 1. The zero-order valence-corrected chi connectivity index (χ0v) is 9.27. The zero-order chi connectivity index (χ0) is 9.56. The van der Waals surface area contributed by atoms with Crippen LogP contribution in [0.5, 0.6) is 0 Å². The van der Waals surface area contributed by atoms with E-state index >= 15 is 0 Å². The summed E-state index contributed by atoms with van der Waals surface area (Å²) in [7, 11) is 0. The average Bonchev–Trinajstić information content (AvgIpc) is 1.97. The van der Waals surface area contributed by atoms with Gasteiger partial charge in [0, 0.05) is 5.25 Å². The van der Waals surface area contributed by atoms with Crippen LogP contribution in [-0.4, -0.2) is 16.5 Å². The van der Waals surface area contributed by atoms with Crippen LogP contribution in [0.2, 0.25) is 0 Å². The molecule has 2 heteroatoms. The van der Waals surface area contributed by atoms with E-state index in [0.29, 0.717) is 11.2 Å². The van der Waals surface area contributed by atoms with Gasteiger partial charge in [0.25, 0.3) is 0 Å². The van der Waals surface area contributed by atoms with Gasteiger partial charge >= 0.3 is 0 Å².